The average molecular weight is 397 g/mol. The number of alkyl halides is 7. The van der Waals surface area contributed by atoms with Crippen LogP contribution in [0.2, 0.25) is 10.0 Å². The number of fused-ring (bicyclic) bond motifs is 1. The SMILES string of the molecule is O=C(C1=C(O)c2cc(Cl)cc(Cl)c2C1)C(F)(C(F)(F)F)C(F)(F)F. The molecule has 0 saturated heterocycles. The summed E-state index contributed by atoms with van der Waals surface area (Å²) in [6.45, 7) is 0. The third-order valence-corrected chi connectivity index (χ3v) is 3.98. The Labute approximate surface area is 139 Å². The minimum atomic E-state index is -6.56. The minimum absolute atomic E-state index is 0.0860. The Morgan fingerprint density at radius 3 is 1.96 bits per heavy atom. The van der Waals surface area contributed by atoms with Crippen molar-refractivity contribution in [2.24, 2.45) is 0 Å². The Morgan fingerprint density at radius 2 is 1.50 bits per heavy atom. The van der Waals surface area contributed by atoms with Gasteiger partial charge < -0.3 is 5.11 Å². The van der Waals surface area contributed by atoms with E-state index >= 15 is 0 Å². The maximum absolute atomic E-state index is 13.8. The van der Waals surface area contributed by atoms with Gasteiger partial charge in [0.05, 0.1) is 0 Å². The van der Waals surface area contributed by atoms with Gasteiger partial charge in [-0.25, -0.2) is 4.39 Å². The predicted octanol–water partition coefficient (Wildman–Crippen LogP) is 5.22. The highest BCUT2D eigenvalue weighted by molar-refractivity contribution is 6.35. The van der Waals surface area contributed by atoms with Crippen molar-refractivity contribution in [2.45, 2.75) is 24.4 Å². The molecule has 0 bridgehead atoms. The van der Waals surface area contributed by atoms with E-state index in [-0.39, 0.29) is 21.2 Å². The van der Waals surface area contributed by atoms with Crippen LogP contribution in [0.15, 0.2) is 17.7 Å². The minimum Gasteiger partial charge on any atom is -0.507 e. The number of halogens is 9. The summed E-state index contributed by atoms with van der Waals surface area (Å²) in [4.78, 5) is 11.7. The van der Waals surface area contributed by atoms with Gasteiger partial charge in [0, 0.05) is 27.6 Å². The fourth-order valence-electron chi connectivity index (χ4n) is 2.23. The summed E-state index contributed by atoms with van der Waals surface area (Å²) in [7, 11) is 0. The van der Waals surface area contributed by atoms with Gasteiger partial charge in [0.25, 0.3) is 0 Å². The first-order valence-electron chi connectivity index (χ1n) is 5.99. The van der Waals surface area contributed by atoms with Gasteiger partial charge in [-0.2, -0.15) is 26.3 Å². The molecule has 0 spiro atoms. The largest absolute Gasteiger partial charge is 0.507 e. The van der Waals surface area contributed by atoms with Crippen molar-refractivity contribution >= 4 is 34.7 Å². The van der Waals surface area contributed by atoms with Crippen molar-refractivity contribution in [2.75, 3.05) is 0 Å². The van der Waals surface area contributed by atoms with Crippen LogP contribution in [0.4, 0.5) is 30.7 Å². The average Bonchev–Trinajstić information content (AvgIpc) is 2.72. The van der Waals surface area contributed by atoms with E-state index in [1.54, 1.807) is 0 Å². The molecular weight excluding hydrogens is 392 g/mol. The number of carbonyl (C=O) groups is 1. The maximum atomic E-state index is 13.8. The van der Waals surface area contributed by atoms with Gasteiger partial charge in [-0.15, -0.1) is 0 Å². The zero-order chi connectivity index (χ0) is 18.7. The first-order chi connectivity index (χ1) is 10.7. The molecule has 0 saturated carbocycles. The summed E-state index contributed by atoms with van der Waals surface area (Å²) in [6, 6.07) is 2.10. The Bertz CT molecular complexity index is 736. The van der Waals surface area contributed by atoms with E-state index in [0.717, 1.165) is 12.1 Å². The molecule has 1 aliphatic rings. The van der Waals surface area contributed by atoms with Crippen LogP contribution in [0, 0.1) is 0 Å². The van der Waals surface area contributed by atoms with E-state index in [0.29, 0.717) is 0 Å². The van der Waals surface area contributed by atoms with Gasteiger partial charge in [-0.3, -0.25) is 4.79 Å². The Balaban J connectivity index is 2.61. The highest BCUT2D eigenvalue weighted by Gasteiger charge is 2.77. The lowest BCUT2D eigenvalue weighted by Gasteiger charge is -2.28. The second kappa shape index (κ2) is 5.52. The van der Waals surface area contributed by atoms with Crippen LogP contribution in [0.25, 0.3) is 5.76 Å². The summed E-state index contributed by atoms with van der Waals surface area (Å²) in [5.41, 5.74) is -8.00. The highest BCUT2D eigenvalue weighted by atomic mass is 35.5. The Hall–Kier alpha value is -1.48. The number of allylic oxidation sites excluding steroid dienone is 1. The smallest absolute Gasteiger partial charge is 0.439 e. The number of benzene rings is 1. The lowest BCUT2D eigenvalue weighted by atomic mass is 9.91. The molecular formula is C13H5Cl2F7O2. The molecule has 132 valence electrons. The summed E-state index contributed by atoms with van der Waals surface area (Å²) >= 11 is 11.4. The first kappa shape index (κ1) is 18.9. The molecule has 0 heterocycles. The van der Waals surface area contributed by atoms with E-state index in [1.807, 2.05) is 0 Å². The Kier molecular flexibility index (Phi) is 4.34. The van der Waals surface area contributed by atoms with Crippen molar-refractivity contribution in [3.05, 3.63) is 38.9 Å². The lowest BCUT2D eigenvalue weighted by molar-refractivity contribution is -0.324. The fraction of sp³-hybridized carbons (Fsp3) is 0.308. The van der Waals surface area contributed by atoms with E-state index in [1.165, 1.54) is 0 Å². The van der Waals surface area contributed by atoms with Gasteiger partial charge in [-0.05, 0) is 17.7 Å². The van der Waals surface area contributed by atoms with Crippen molar-refractivity contribution in [3.8, 4) is 0 Å². The Morgan fingerprint density at radius 1 is 1.00 bits per heavy atom. The van der Waals surface area contributed by atoms with Crippen molar-refractivity contribution in [1.82, 2.24) is 0 Å². The third kappa shape index (κ3) is 2.63. The quantitative estimate of drug-likeness (QED) is 0.695. The molecule has 0 atom stereocenters. The van der Waals surface area contributed by atoms with Crippen molar-refractivity contribution in [1.29, 1.82) is 0 Å². The summed E-state index contributed by atoms with van der Waals surface area (Å²) in [5, 5.41) is 9.51. The molecule has 0 fully saturated rings. The fourth-order valence-corrected chi connectivity index (χ4v) is 2.79. The maximum Gasteiger partial charge on any atom is 0.439 e. The number of rotatable bonds is 2. The topological polar surface area (TPSA) is 37.3 Å². The molecule has 11 heteroatoms. The molecule has 2 nitrogen and oxygen atoms in total. The van der Waals surface area contributed by atoms with Crippen LogP contribution >= 0.6 is 23.2 Å². The molecule has 24 heavy (non-hydrogen) atoms. The van der Waals surface area contributed by atoms with Crippen molar-refractivity contribution in [3.63, 3.8) is 0 Å². The number of ketones is 1. The molecule has 1 aromatic carbocycles. The summed E-state index contributed by atoms with van der Waals surface area (Å²) in [6.07, 6.45) is -14.0. The number of hydrogen-bond donors (Lipinski definition) is 1. The van der Waals surface area contributed by atoms with Gasteiger partial charge in [-0.1, -0.05) is 23.2 Å². The predicted molar refractivity (Wildman–Crippen MR) is 70.7 cm³/mol. The van der Waals surface area contributed by atoms with Crippen LogP contribution in [-0.4, -0.2) is 28.9 Å². The molecule has 2 rings (SSSR count). The van der Waals surface area contributed by atoms with Gasteiger partial charge >= 0.3 is 18.0 Å². The standard InChI is InChI=1S/C13H5Cl2F7O2/c14-4-1-6-5(8(15)2-4)3-7(9(6)23)10(24)11(16,12(17,18)19)13(20,21)22/h1-2,23H,3H2. The van der Waals surface area contributed by atoms with Crippen LogP contribution in [0.5, 0.6) is 0 Å². The van der Waals surface area contributed by atoms with Gasteiger partial charge in [0.2, 0.25) is 5.78 Å². The molecule has 0 aromatic heterocycles. The second-order valence-electron chi connectivity index (χ2n) is 4.90. The molecule has 0 aliphatic heterocycles. The monoisotopic (exact) mass is 396 g/mol. The molecule has 1 aliphatic carbocycles. The van der Waals surface area contributed by atoms with Gasteiger partial charge in [0.1, 0.15) is 5.76 Å². The molecule has 0 radical (unpaired) electrons. The first-order valence-corrected chi connectivity index (χ1v) is 6.75. The number of Topliss-reactive ketones (excluding diaryl/α,β-unsaturated/α-hetero) is 1. The van der Waals surface area contributed by atoms with Gasteiger partial charge in [0.15, 0.2) is 0 Å². The highest BCUT2D eigenvalue weighted by Crippen LogP contribution is 2.50. The van der Waals surface area contributed by atoms with Crippen LogP contribution in [-0.2, 0) is 11.2 Å². The molecule has 1 aromatic rings. The van der Waals surface area contributed by atoms with E-state index in [2.05, 4.69) is 0 Å². The third-order valence-electron chi connectivity index (χ3n) is 3.42. The zero-order valence-corrected chi connectivity index (χ0v) is 12.6. The number of hydrogen-bond acceptors (Lipinski definition) is 2. The van der Waals surface area contributed by atoms with E-state index in [9.17, 15) is 40.6 Å². The molecule has 1 N–H and O–H groups in total. The lowest BCUT2D eigenvalue weighted by Crippen LogP contribution is -2.59. The number of aliphatic hydroxyl groups excluding tert-OH is 1. The molecule has 0 unspecified atom stereocenters. The van der Waals surface area contributed by atoms with Crippen LogP contribution in [0.3, 0.4) is 0 Å². The zero-order valence-electron chi connectivity index (χ0n) is 11.1. The summed E-state index contributed by atoms with van der Waals surface area (Å²) in [5.74, 6) is -4.17. The number of aliphatic hydroxyl groups is 1. The number of carbonyl (C=O) groups excluding carboxylic acids is 1. The summed E-state index contributed by atoms with van der Waals surface area (Å²) < 4.78 is 89.6. The van der Waals surface area contributed by atoms with Crippen molar-refractivity contribution < 1.29 is 40.6 Å². The second-order valence-corrected chi connectivity index (χ2v) is 5.74. The van der Waals surface area contributed by atoms with E-state index in [4.69, 9.17) is 23.2 Å². The van der Waals surface area contributed by atoms with E-state index < -0.39 is 41.6 Å². The van der Waals surface area contributed by atoms with Crippen LogP contribution < -0.4 is 0 Å². The normalized spacial score (nSPS) is 15.7. The molecule has 0 amide bonds. The van der Waals surface area contributed by atoms with Crippen LogP contribution in [0.1, 0.15) is 11.1 Å².